The van der Waals surface area contributed by atoms with E-state index in [0.717, 1.165) is 70.0 Å². The van der Waals surface area contributed by atoms with Crippen molar-refractivity contribution in [1.82, 2.24) is 4.90 Å². The first-order valence-corrected chi connectivity index (χ1v) is 11.1. The van der Waals surface area contributed by atoms with Crippen molar-refractivity contribution in [1.29, 1.82) is 0 Å². The highest BCUT2D eigenvalue weighted by Crippen LogP contribution is 2.36. The number of amides is 1. The van der Waals surface area contributed by atoms with Crippen LogP contribution in [0, 0.1) is 5.92 Å². The van der Waals surface area contributed by atoms with E-state index in [-0.39, 0.29) is 5.91 Å². The van der Waals surface area contributed by atoms with Gasteiger partial charge in [-0.2, -0.15) is 0 Å². The molecule has 29 heavy (non-hydrogen) atoms. The summed E-state index contributed by atoms with van der Waals surface area (Å²) in [5.41, 5.74) is 0.0918. The lowest BCUT2D eigenvalue weighted by atomic mass is 9.78. The highest BCUT2D eigenvalue weighted by atomic mass is 16.5. The summed E-state index contributed by atoms with van der Waals surface area (Å²) in [5.74, 6) is 1.31. The maximum Gasteiger partial charge on any atom is 0.256 e. The second-order valence-corrected chi connectivity index (χ2v) is 8.26. The molecule has 1 saturated carbocycles. The molecule has 3 rings (SSSR count). The molecular weight excluding hydrogens is 368 g/mol. The Labute approximate surface area is 174 Å². The first-order valence-electron chi connectivity index (χ1n) is 11.1. The summed E-state index contributed by atoms with van der Waals surface area (Å²) < 4.78 is 17.2. The molecule has 0 spiro atoms. The fourth-order valence-electron chi connectivity index (χ4n) is 4.36. The van der Waals surface area contributed by atoms with Crippen LogP contribution in [0.4, 0.5) is 5.69 Å². The number of benzene rings is 1. The summed E-state index contributed by atoms with van der Waals surface area (Å²) in [6, 6.07) is 7.64. The van der Waals surface area contributed by atoms with Crippen molar-refractivity contribution in [3.05, 3.63) is 24.3 Å². The average molecular weight is 405 g/mol. The third kappa shape index (κ3) is 6.43. The Morgan fingerprint density at radius 1 is 1.28 bits per heavy atom. The van der Waals surface area contributed by atoms with Gasteiger partial charge in [-0.25, -0.2) is 0 Å². The molecule has 1 amide bonds. The van der Waals surface area contributed by atoms with E-state index < -0.39 is 5.60 Å². The minimum Gasteiger partial charge on any atom is -0.494 e. The molecule has 0 bridgehead atoms. The molecule has 1 aliphatic carbocycles. The summed E-state index contributed by atoms with van der Waals surface area (Å²) in [4.78, 5) is 15.4. The van der Waals surface area contributed by atoms with Gasteiger partial charge in [-0.3, -0.25) is 9.69 Å². The second kappa shape index (κ2) is 11.0. The minimum absolute atomic E-state index is 0.0231. The van der Waals surface area contributed by atoms with Gasteiger partial charge < -0.3 is 19.5 Å². The van der Waals surface area contributed by atoms with Crippen molar-refractivity contribution in [2.75, 3.05) is 51.4 Å². The predicted molar refractivity (Wildman–Crippen MR) is 114 cm³/mol. The van der Waals surface area contributed by atoms with Gasteiger partial charge in [0.2, 0.25) is 0 Å². The van der Waals surface area contributed by atoms with Gasteiger partial charge in [0.05, 0.1) is 19.8 Å². The standard InChI is InChI=1S/C23H36N2O4/c1-3-29-23(11-4-6-19(2)18-23)22(26)24-20-7-9-21(10-8-20)28-15-5-12-25-13-16-27-17-14-25/h7-10,19H,3-6,11-18H2,1-2H3,(H,24,26)/t19-,23-/m0/s1. The van der Waals surface area contributed by atoms with E-state index >= 15 is 0 Å². The molecule has 2 aliphatic rings. The first kappa shape index (κ1) is 22.1. The first-order chi connectivity index (χ1) is 14.1. The number of carbonyl (C=O) groups excluding carboxylic acids is 1. The number of hydrogen-bond donors (Lipinski definition) is 1. The average Bonchev–Trinajstić information content (AvgIpc) is 2.73. The summed E-state index contributed by atoms with van der Waals surface area (Å²) >= 11 is 0. The van der Waals surface area contributed by atoms with Crippen LogP contribution in [0.25, 0.3) is 0 Å². The molecular formula is C23H36N2O4. The molecule has 0 aromatic heterocycles. The molecule has 1 aliphatic heterocycles. The fourth-order valence-corrected chi connectivity index (χ4v) is 4.36. The lowest BCUT2D eigenvalue weighted by molar-refractivity contribution is -0.147. The highest BCUT2D eigenvalue weighted by molar-refractivity contribution is 5.97. The molecule has 0 radical (unpaired) electrons. The molecule has 1 aromatic carbocycles. The lowest BCUT2D eigenvalue weighted by Crippen LogP contribution is -2.48. The van der Waals surface area contributed by atoms with Crippen LogP contribution >= 0.6 is 0 Å². The normalized spacial score (nSPS) is 25.5. The Bertz CT molecular complexity index is 626. The van der Waals surface area contributed by atoms with E-state index in [2.05, 4.69) is 17.1 Å². The molecule has 1 saturated heterocycles. The maximum absolute atomic E-state index is 13.0. The zero-order chi connectivity index (χ0) is 20.5. The van der Waals surface area contributed by atoms with Gasteiger partial charge in [-0.05, 0) is 62.8 Å². The number of nitrogens with one attached hydrogen (secondary N) is 1. The van der Waals surface area contributed by atoms with E-state index in [0.29, 0.717) is 19.1 Å². The zero-order valence-electron chi connectivity index (χ0n) is 18.0. The van der Waals surface area contributed by atoms with Crippen LogP contribution in [-0.2, 0) is 14.3 Å². The summed E-state index contributed by atoms with van der Waals surface area (Å²) in [6.07, 6.45) is 4.78. The molecule has 162 valence electrons. The Morgan fingerprint density at radius 2 is 2.03 bits per heavy atom. The number of anilines is 1. The molecule has 0 unspecified atom stereocenters. The van der Waals surface area contributed by atoms with Crippen LogP contribution in [0.3, 0.4) is 0 Å². The van der Waals surface area contributed by atoms with Crippen molar-refractivity contribution >= 4 is 11.6 Å². The van der Waals surface area contributed by atoms with Crippen LogP contribution in [0.5, 0.6) is 5.75 Å². The van der Waals surface area contributed by atoms with E-state index in [1.807, 2.05) is 31.2 Å². The number of carbonyl (C=O) groups is 1. The lowest BCUT2D eigenvalue weighted by Gasteiger charge is -2.38. The highest BCUT2D eigenvalue weighted by Gasteiger charge is 2.42. The minimum atomic E-state index is -0.693. The van der Waals surface area contributed by atoms with Gasteiger partial charge >= 0.3 is 0 Å². The van der Waals surface area contributed by atoms with Crippen LogP contribution in [0.15, 0.2) is 24.3 Å². The SMILES string of the molecule is CCO[C@@]1(C(=O)Nc2ccc(OCCCN3CCOCC3)cc2)CCC[C@H](C)C1. The Balaban J connectivity index is 1.45. The molecule has 1 aromatic rings. The van der Waals surface area contributed by atoms with Crippen LogP contribution < -0.4 is 10.1 Å². The van der Waals surface area contributed by atoms with Gasteiger partial charge in [0, 0.05) is 31.9 Å². The molecule has 2 fully saturated rings. The molecule has 1 heterocycles. The van der Waals surface area contributed by atoms with Gasteiger partial charge in [0.1, 0.15) is 11.4 Å². The molecule has 2 atom stereocenters. The monoisotopic (exact) mass is 404 g/mol. The van der Waals surface area contributed by atoms with Crippen molar-refractivity contribution < 1.29 is 19.0 Å². The number of nitrogens with zero attached hydrogens (tertiary/aromatic N) is 1. The van der Waals surface area contributed by atoms with Gasteiger partial charge in [0.25, 0.3) is 5.91 Å². The van der Waals surface area contributed by atoms with E-state index in [9.17, 15) is 4.79 Å². The van der Waals surface area contributed by atoms with Crippen molar-refractivity contribution in [2.24, 2.45) is 5.92 Å². The Morgan fingerprint density at radius 3 is 2.72 bits per heavy atom. The third-order valence-corrected chi connectivity index (χ3v) is 5.89. The summed E-state index contributed by atoms with van der Waals surface area (Å²) in [6.45, 7) is 10.1. The predicted octanol–water partition coefficient (Wildman–Crippen LogP) is 3.71. The molecule has 6 heteroatoms. The smallest absolute Gasteiger partial charge is 0.256 e. The number of ether oxygens (including phenoxy) is 3. The van der Waals surface area contributed by atoms with E-state index in [1.54, 1.807) is 0 Å². The number of hydrogen-bond acceptors (Lipinski definition) is 5. The largest absolute Gasteiger partial charge is 0.494 e. The van der Waals surface area contributed by atoms with Crippen LogP contribution in [0.1, 0.15) is 46.0 Å². The summed E-state index contributed by atoms with van der Waals surface area (Å²) in [5, 5.41) is 3.06. The van der Waals surface area contributed by atoms with Crippen molar-refractivity contribution in [3.8, 4) is 5.75 Å². The zero-order valence-corrected chi connectivity index (χ0v) is 18.0. The van der Waals surface area contributed by atoms with Gasteiger partial charge in [0.15, 0.2) is 0 Å². The van der Waals surface area contributed by atoms with Crippen LogP contribution in [-0.4, -0.2) is 62.5 Å². The van der Waals surface area contributed by atoms with Crippen LogP contribution in [0.2, 0.25) is 0 Å². The number of rotatable bonds is 9. The summed E-state index contributed by atoms with van der Waals surface area (Å²) in [7, 11) is 0. The third-order valence-electron chi connectivity index (χ3n) is 5.89. The van der Waals surface area contributed by atoms with E-state index in [4.69, 9.17) is 14.2 Å². The molecule has 6 nitrogen and oxygen atoms in total. The Hall–Kier alpha value is -1.63. The van der Waals surface area contributed by atoms with Crippen molar-refractivity contribution in [3.63, 3.8) is 0 Å². The second-order valence-electron chi connectivity index (χ2n) is 8.26. The molecule has 1 N–H and O–H groups in total. The van der Waals surface area contributed by atoms with Crippen molar-refractivity contribution in [2.45, 2.75) is 51.6 Å². The maximum atomic E-state index is 13.0. The van der Waals surface area contributed by atoms with Gasteiger partial charge in [-0.15, -0.1) is 0 Å². The van der Waals surface area contributed by atoms with Gasteiger partial charge in [-0.1, -0.05) is 13.3 Å². The Kier molecular flexibility index (Phi) is 8.33. The quantitative estimate of drug-likeness (QED) is 0.636. The fraction of sp³-hybridized carbons (Fsp3) is 0.696. The topological polar surface area (TPSA) is 60.0 Å². The van der Waals surface area contributed by atoms with E-state index in [1.165, 1.54) is 6.42 Å². The number of morpholine rings is 1.